The fourth-order valence-electron chi connectivity index (χ4n) is 2.29. The number of benzene rings is 1. The molecule has 2 aromatic rings. The number of rotatable bonds is 6. The van der Waals surface area contributed by atoms with E-state index in [4.69, 9.17) is 0 Å². The van der Waals surface area contributed by atoms with Crippen molar-refractivity contribution in [2.45, 2.75) is 33.2 Å². The number of carbonyl (C=O) groups is 2. The molecule has 0 atom stereocenters. The fourth-order valence-corrected chi connectivity index (χ4v) is 2.29. The van der Waals surface area contributed by atoms with Crippen LogP contribution >= 0.6 is 0 Å². The van der Waals surface area contributed by atoms with Gasteiger partial charge in [-0.15, -0.1) is 0 Å². The van der Waals surface area contributed by atoms with Gasteiger partial charge in [-0.25, -0.2) is 4.98 Å². The Hall–Kier alpha value is -2.37. The fraction of sp³-hybridized carbons (Fsp3) is 0.438. The lowest BCUT2D eigenvalue weighted by atomic mass is 10.1. The van der Waals surface area contributed by atoms with Crippen LogP contribution in [0.1, 0.15) is 32.4 Å². The van der Waals surface area contributed by atoms with E-state index in [1.54, 1.807) is 0 Å². The molecule has 0 radical (unpaired) electrons. The summed E-state index contributed by atoms with van der Waals surface area (Å²) in [5.74, 6) is -0.159. The molecule has 0 aliphatic heterocycles. The summed E-state index contributed by atoms with van der Waals surface area (Å²) in [5.41, 5.74) is 2.90. The topological polar surface area (TPSA) is 76.0 Å². The molecule has 22 heavy (non-hydrogen) atoms. The van der Waals surface area contributed by atoms with Crippen molar-refractivity contribution in [3.8, 4) is 0 Å². The van der Waals surface area contributed by atoms with Gasteiger partial charge in [0.15, 0.2) is 0 Å². The first-order chi connectivity index (χ1) is 10.5. The molecule has 0 bridgehead atoms. The summed E-state index contributed by atoms with van der Waals surface area (Å²) in [5, 5.41) is 5.41. The number of fused-ring (bicyclic) bond motifs is 1. The molecule has 0 saturated carbocycles. The molecule has 1 aromatic carbocycles. The third-order valence-electron chi connectivity index (χ3n) is 3.38. The Bertz CT molecular complexity index is 676. The van der Waals surface area contributed by atoms with Crippen LogP contribution in [0.25, 0.3) is 11.0 Å². The monoisotopic (exact) mass is 302 g/mol. The number of imidazole rings is 1. The molecular weight excluding hydrogens is 280 g/mol. The summed E-state index contributed by atoms with van der Waals surface area (Å²) >= 11 is 0. The van der Waals surface area contributed by atoms with E-state index in [1.807, 2.05) is 24.5 Å². The SMILES string of the molecule is CC(=O)NCCNC(=O)Cc1ccc2c(c1)ncn2C(C)C. The maximum absolute atomic E-state index is 11.9. The minimum atomic E-state index is -0.0968. The molecule has 2 N–H and O–H groups in total. The molecule has 0 saturated heterocycles. The van der Waals surface area contributed by atoms with Gasteiger partial charge in [-0.1, -0.05) is 6.07 Å². The molecule has 2 amide bonds. The Morgan fingerprint density at radius 3 is 2.64 bits per heavy atom. The van der Waals surface area contributed by atoms with Crippen molar-refractivity contribution in [3.05, 3.63) is 30.1 Å². The van der Waals surface area contributed by atoms with E-state index in [0.29, 0.717) is 25.6 Å². The van der Waals surface area contributed by atoms with E-state index in [1.165, 1.54) is 6.92 Å². The van der Waals surface area contributed by atoms with Crippen LogP contribution in [0.4, 0.5) is 0 Å². The van der Waals surface area contributed by atoms with Crippen molar-refractivity contribution >= 4 is 22.8 Å². The van der Waals surface area contributed by atoms with Gasteiger partial charge < -0.3 is 15.2 Å². The second kappa shape index (κ2) is 7.06. The zero-order valence-electron chi connectivity index (χ0n) is 13.2. The highest BCUT2D eigenvalue weighted by atomic mass is 16.2. The Morgan fingerprint density at radius 1 is 1.23 bits per heavy atom. The minimum absolute atomic E-state index is 0.0620. The zero-order chi connectivity index (χ0) is 16.1. The number of aromatic nitrogens is 2. The third kappa shape index (κ3) is 4.07. The van der Waals surface area contributed by atoms with Crippen molar-refractivity contribution < 1.29 is 9.59 Å². The highest BCUT2D eigenvalue weighted by Crippen LogP contribution is 2.18. The standard InChI is InChI=1S/C16H22N4O2/c1-11(2)20-10-19-14-8-13(4-5-15(14)20)9-16(22)18-7-6-17-12(3)21/h4-5,8,10-11H,6-7,9H2,1-3H3,(H,17,21)(H,18,22). The normalized spacial score (nSPS) is 10.9. The Labute approximate surface area is 129 Å². The lowest BCUT2D eigenvalue weighted by Crippen LogP contribution is -2.34. The largest absolute Gasteiger partial charge is 0.355 e. The summed E-state index contributed by atoms with van der Waals surface area (Å²) in [7, 11) is 0. The third-order valence-corrected chi connectivity index (χ3v) is 3.38. The molecular formula is C16H22N4O2. The number of amides is 2. The van der Waals surface area contributed by atoms with E-state index in [-0.39, 0.29) is 11.8 Å². The van der Waals surface area contributed by atoms with Gasteiger partial charge in [0.25, 0.3) is 0 Å². The number of hydrogen-bond donors (Lipinski definition) is 2. The molecule has 0 unspecified atom stereocenters. The summed E-state index contributed by atoms with van der Waals surface area (Å²) in [6.07, 6.45) is 2.14. The Morgan fingerprint density at radius 2 is 1.95 bits per heavy atom. The molecule has 6 nitrogen and oxygen atoms in total. The first-order valence-corrected chi connectivity index (χ1v) is 7.44. The maximum atomic E-state index is 11.9. The van der Waals surface area contributed by atoms with Crippen LogP contribution in [0.2, 0.25) is 0 Å². The van der Waals surface area contributed by atoms with E-state index < -0.39 is 0 Å². The number of carbonyl (C=O) groups excluding carboxylic acids is 2. The van der Waals surface area contributed by atoms with Crippen LogP contribution in [0.5, 0.6) is 0 Å². The average Bonchev–Trinajstić information content (AvgIpc) is 2.86. The van der Waals surface area contributed by atoms with Gasteiger partial charge in [0.1, 0.15) is 0 Å². The lowest BCUT2D eigenvalue weighted by molar-refractivity contribution is -0.121. The van der Waals surface area contributed by atoms with Crippen LogP contribution in [0.3, 0.4) is 0 Å². The summed E-state index contributed by atoms with van der Waals surface area (Å²) in [4.78, 5) is 27.0. The molecule has 6 heteroatoms. The molecule has 1 aromatic heterocycles. The molecule has 0 spiro atoms. The predicted molar refractivity (Wildman–Crippen MR) is 85.5 cm³/mol. The van der Waals surface area contributed by atoms with Crippen molar-refractivity contribution in [1.82, 2.24) is 20.2 Å². The maximum Gasteiger partial charge on any atom is 0.224 e. The Balaban J connectivity index is 1.94. The number of nitrogens with one attached hydrogen (secondary N) is 2. The summed E-state index contributed by atoms with van der Waals surface area (Å²) in [6, 6.07) is 6.26. The first-order valence-electron chi connectivity index (χ1n) is 7.44. The zero-order valence-corrected chi connectivity index (χ0v) is 13.2. The molecule has 0 fully saturated rings. The van der Waals surface area contributed by atoms with Gasteiger partial charge in [0.05, 0.1) is 23.8 Å². The second-order valence-electron chi connectivity index (χ2n) is 5.58. The van der Waals surface area contributed by atoms with Crippen LogP contribution in [0, 0.1) is 0 Å². The van der Waals surface area contributed by atoms with Gasteiger partial charge in [-0.2, -0.15) is 0 Å². The number of hydrogen-bond acceptors (Lipinski definition) is 3. The van der Waals surface area contributed by atoms with Crippen LogP contribution in [0.15, 0.2) is 24.5 Å². The summed E-state index contributed by atoms with van der Waals surface area (Å²) in [6.45, 7) is 6.55. The Kier molecular flexibility index (Phi) is 5.14. The van der Waals surface area contributed by atoms with Gasteiger partial charge >= 0.3 is 0 Å². The molecule has 2 rings (SSSR count). The van der Waals surface area contributed by atoms with Crippen molar-refractivity contribution in [1.29, 1.82) is 0 Å². The van der Waals surface area contributed by atoms with Crippen molar-refractivity contribution in [2.24, 2.45) is 0 Å². The predicted octanol–water partition coefficient (Wildman–Crippen LogP) is 1.41. The van der Waals surface area contributed by atoms with E-state index in [0.717, 1.165) is 16.6 Å². The van der Waals surface area contributed by atoms with Gasteiger partial charge in [0, 0.05) is 26.1 Å². The average molecular weight is 302 g/mol. The molecule has 1 heterocycles. The van der Waals surface area contributed by atoms with Gasteiger partial charge in [0.2, 0.25) is 11.8 Å². The van der Waals surface area contributed by atoms with Gasteiger partial charge in [-0.3, -0.25) is 9.59 Å². The van der Waals surface area contributed by atoms with E-state index in [9.17, 15) is 9.59 Å². The van der Waals surface area contributed by atoms with Gasteiger partial charge in [-0.05, 0) is 31.5 Å². The lowest BCUT2D eigenvalue weighted by Gasteiger charge is -2.08. The van der Waals surface area contributed by atoms with E-state index in [2.05, 4.69) is 34.0 Å². The van der Waals surface area contributed by atoms with Crippen LogP contribution in [-0.4, -0.2) is 34.5 Å². The van der Waals surface area contributed by atoms with E-state index >= 15 is 0 Å². The molecule has 0 aliphatic carbocycles. The second-order valence-corrected chi connectivity index (χ2v) is 5.58. The minimum Gasteiger partial charge on any atom is -0.355 e. The summed E-state index contributed by atoms with van der Waals surface area (Å²) < 4.78 is 2.10. The smallest absolute Gasteiger partial charge is 0.224 e. The van der Waals surface area contributed by atoms with Crippen molar-refractivity contribution in [3.63, 3.8) is 0 Å². The van der Waals surface area contributed by atoms with Crippen LogP contribution in [-0.2, 0) is 16.0 Å². The first kappa shape index (κ1) is 16.0. The van der Waals surface area contributed by atoms with Crippen molar-refractivity contribution in [2.75, 3.05) is 13.1 Å². The highest BCUT2D eigenvalue weighted by molar-refractivity contribution is 5.82. The highest BCUT2D eigenvalue weighted by Gasteiger charge is 2.08. The molecule has 118 valence electrons. The quantitative estimate of drug-likeness (QED) is 0.792. The van der Waals surface area contributed by atoms with Crippen LogP contribution < -0.4 is 10.6 Å². The number of nitrogens with zero attached hydrogens (tertiary/aromatic N) is 2. The molecule has 0 aliphatic rings.